The van der Waals surface area contributed by atoms with Gasteiger partial charge in [-0.1, -0.05) is 18.3 Å². The molecule has 6 heteroatoms. The third-order valence-corrected chi connectivity index (χ3v) is 5.42. The highest BCUT2D eigenvalue weighted by Crippen LogP contribution is 2.34. The van der Waals surface area contributed by atoms with Crippen molar-refractivity contribution in [1.82, 2.24) is 9.97 Å². The number of benzene rings is 1. The number of hydrogen-bond acceptors (Lipinski definition) is 4. The lowest BCUT2D eigenvalue weighted by atomic mass is 10.1. The van der Waals surface area contributed by atoms with Gasteiger partial charge < -0.3 is 5.32 Å². The van der Waals surface area contributed by atoms with Crippen molar-refractivity contribution >= 4 is 55.2 Å². The Morgan fingerprint density at radius 1 is 1.27 bits per heavy atom. The molecule has 0 aliphatic rings. The maximum atomic E-state index is 11.7. The number of thiazole rings is 1. The lowest BCUT2D eigenvalue weighted by molar-refractivity contribution is -0.116. The number of nitrogens with one attached hydrogen (secondary N) is 1. The Labute approximate surface area is 146 Å². The molecule has 0 aliphatic carbocycles. The van der Waals surface area contributed by atoms with E-state index in [4.69, 9.17) is 0 Å². The van der Waals surface area contributed by atoms with Crippen LogP contribution in [0.2, 0.25) is 0 Å². The van der Waals surface area contributed by atoms with Crippen molar-refractivity contribution in [3.05, 3.63) is 40.2 Å². The van der Waals surface area contributed by atoms with Crippen LogP contribution in [-0.4, -0.2) is 15.9 Å². The highest BCUT2D eigenvalue weighted by Gasteiger charge is 2.11. The number of anilines is 1. The summed E-state index contributed by atoms with van der Waals surface area (Å²) in [5.41, 5.74) is 3.13. The Morgan fingerprint density at radius 3 is 2.77 bits per heavy atom. The molecule has 0 aliphatic heterocycles. The fraction of sp³-hybridized carbons (Fsp3) is 0.188. The zero-order chi connectivity index (χ0) is 15.5. The van der Waals surface area contributed by atoms with E-state index in [1.807, 2.05) is 19.1 Å². The number of pyridine rings is 1. The summed E-state index contributed by atoms with van der Waals surface area (Å²) in [7, 11) is 0. The zero-order valence-corrected chi connectivity index (χ0v) is 14.9. The van der Waals surface area contributed by atoms with Gasteiger partial charge in [-0.2, -0.15) is 0 Å². The maximum absolute atomic E-state index is 11.7. The molecule has 0 saturated carbocycles. The fourth-order valence-electron chi connectivity index (χ4n) is 2.17. The second kappa shape index (κ2) is 6.70. The number of halogens is 1. The first-order valence-electron chi connectivity index (χ1n) is 6.97. The minimum Gasteiger partial charge on any atom is -0.302 e. The Kier molecular flexibility index (Phi) is 4.68. The molecule has 4 nitrogen and oxygen atoms in total. The van der Waals surface area contributed by atoms with Gasteiger partial charge in [0, 0.05) is 22.4 Å². The van der Waals surface area contributed by atoms with Crippen molar-refractivity contribution in [2.75, 3.05) is 5.32 Å². The van der Waals surface area contributed by atoms with Crippen LogP contribution in [0.1, 0.15) is 19.8 Å². The van der Waals surface area contributed by atoms with Crippen LogP contribution in [0.25, 0.3) is 21.3 Å². The van der Waals surface area contributed by atoms with E-state index in [9.17, 15) is 4.79 Å². The van der Waals surface area contributed by atoms with Crippen LogP contribution in [0, 0.1) is 3.57 Å². The summed E-state index contributed by atoms with van der Waals surface area (Å²) in [5, 5.41) is 3.54. The van der Waals surface area contributed by atoms with Crippen LogP contribution < -0.4 is 5.32 Å². The molecule has 22 heavy (non-hydrogen) atoms. The Bertz CT molecular complexity index is 817. The smallest absolute Gasteiger partial charge is 0.226 e. The molecule has 0 radical (unpaired) electrons. The summed E-state index contributed by atoms with van der Waals surface area (Å²) >= 11 is 3.84. The van der Waals surface area contributed by atoms with Crippen LogP contribution in [0.4, 0.5) is 5.13 Å². The van der Waals surface area contributed by atoms with Crippen LogP contribution in [-0.2, 0) is 4.79 Å². The van der Waals surface area contributed by atoms with Gasteiger partial charge in [-0.05, 0) is 64.4 Å². The van der Waals surface area contributed by atoms with Crippen molar-refractivity contribution in [1.29, 1.82) is 0 Å². The lowest BCUT2D eigenvalue weighted by Crippen LogP contribution is -2.09. The van der Waals surface area contributed by atoms with Crippen molar-refractivity contribution in [2.45, 2.75) is 19.8 Å². The van der Waals surface area contributed by atoms with Gasteiger partial charge in [-0.3, -0.25) is 9.78 Å². The van der Waals surface area contributed by atoms with Crippen molar-refractivity contribution in [3.8, 4) is 11.1 Å². The van der Waals surface area contributed by atoms with Crippen LogP contribution in [0.5, 0.6) is 0 Å². The molecule has 0 bridgehead atoms. The highest BCUT2D eigenvalue weighted by atomic mass is 127. The van der Waals surface area contributed by atoms with Gasteiger partial charge in [0.05, 0.1) is 10.2 Å². The Morgan fingerprint density at radius 2 is 2.05 bits per heavy atom. The predicted molar refractivity (Wildman–Crippen MR) is 99.1 cm³/mol. The number of carbonyl (C=O) groups excluding carboxylic acids is 1. The Hall–Kier alpha value is -1.54. The summed E-state index contributed by atoms with van der Waals surface area (Å²) < 4.78 is 2.24. The third-order valence-electron chi connectivity index (χ3n) is 3.18. The number of fused-ring (bicyclic) bond motifs is 1. The second-order valence-electron chi connectivity index (χ2n) is 4.86. The van der Waals surface area contributed by atoms with E-state index in [2.05, 4.69) is 50.0 Å². The van der Waals surface area contributed by atoms with Gasteiger partial charge in [0.1, 0.15) is 0 Å². The second-order valence-corrected chi connectivity index (χ2v) is 7.02. The largest absolute Gasteiger partial charge is 0.302 e. The average Bonchev–Trinajstić information content (AvgIpc) is 2.91. The first-order valence-corrected chi connectivity index (χ1v) is 8.87. The highest BCUT2D eigenvalue weighted by molar-refractivity contribution is 14.1. The number of rotatable bonds is 4. The lowest BCUT2D eigenvalue weighted by Gasteiger charge is -2.02. The molecule has 2 heterocycles. The van der Waals surface area contributed by atoms with Gasteiger partial charge in [-0.25, -0.2) is 4.98 Å². The van der Waals surface area contributed by atoms with Crippen LogP contribution in [0.3, 0.4) is 0 Å². The van der Waals surface area contributed by atoms with E-state index in [0.717, 1.165) is 31.3 Å². The van der Waals surface area contributed by atoms with E-state index in [-0.39, 0.29) is 5.91 Å². The number of nitrogens with zero attached hydrogens (tertiary/aromatic N) is 2. The molecule has 1 amide bonds. The first kappa shape index (κ1) is 15.4. The minimum atomic E-state index is 0.0194. The molecule has 0 unspecified atom stereocenters. The van der Waals surface area contributed by atoms with Crippen molar-refractivity contribution in [2.24, 2.45) is 0 Å². The number of carbonyl (C=O) groups is 1. The molecular weight excluding hydrogens is 409 g/mol. The topological polar surface area (TPSA) is 54.9 Å². The normalized spacial score (nSPS) is 10.8. The van der Waals surface area contributed by atoms with Crippen LogP contribution in [0.15, 0.2) is 36.7 Å². The van der Waals surface area contributed by atoms with E-state index >= 15 is 0 Å². The van der Waals surface area contributed by atoms with Gasteiger partial charge in [0.15, 0.2) is 5.13 Å². The van der Waals surface area contributed by atoms with Gasteiger partial charge in [0.25, 0.3) is 0 Å². The summed E-state index contributed by atoms with van der Waals surface area (Å²) in [5.74, 6) is 0.0194. The summed E-state index contributed by atoms with van der Waals surface area (Å²) in [6, 6.07) is 8.15. The predicted octanol–water partition coefficient (Wildman–Crippen LogP) is 4.70. The first-order chi connectivity index (χ1) is 10.7. The molecule has 0 spiro atoms. The van der Waals surface area contributed by atoms with E-state index < -0.39 is 0 Å². The number of amides is 1. The molecule has 1 aromatic carbocycles. The van der Waals surface area contributed by atoms with Gasteiger partial charge in [-0.15, -0.1) is 0 Å². The fourth-order valence-corrected chi connectivity index (χ4v) is 3.98. The third kappa shape index (κ3) is 3.27. The Balaban J connectivity index is 1.98. The SMILES string of the molecule is CCCC(=O)Nc1nc2cc(-c3ccncc3)cc(I)c2s1. The molecule has 2 aromatic heterocycles. The van der Waals surface area contributed by atoms with E-state index in [0.29, 0.717) is 11.6 Å². The molecule has 3 aromatic rings. The average molecular weight is 423 g/mol. The maximum Gasteiger partial charge on any atom is 0.226 e. The van der Waals surface area contributed by atoms with E-state index in [1.54, 1.807) is 12.4 Å². The standard InChI is InChI=1S/C16H14IN3OS/c1-2-3-14(21)20-16-19-13-9-11(8-12(17)15(13)22-16)10-4-6-18-7-5-10/h4-9H,2-3H2,1H3,(H,19,20,21). The summed E-state index contributed by atoms with van der Waals surface area (Å²) in [4.78, 5) is 20.3. The quantitative estimate of drug-likeness (QED) is 0.619. The molecular formula is C16H14IN3OS. The van der Waals surface area contributed by atoms with Crippen molar-refractivity contribution in [3.63, 3.8) is 0 Å². The molecule has 112 valence electrons. The minimum absolute atomic E-state index is 0.0194. The monoisotopic (exact) mass is 423 g/mol. The van der Waals surface area contributed by atoms with Crippen LogP contribution >= 0.6 is 33.9 Å². The molecule has 0 saturated heterocycles. The number of hydrogen-bond donors (Lipinski definition) is 1. The zero-order valence-electron chi connectivity index (χ0n) is 12.0. The van der Waals surface area contributed by atoms with Crippen molar-refractivity contribution < 1.29 is 4.79 Å². The molecule has 1 N–H and O–H groups in total. The number of aromatic nitrogens is 2. The summed E-state index contributed by atoms with van der Waals surface area (Å²) in [6.45, 7) is 1.99. The summed E-state index contributed by atoms with van der Waals surface area (Å²) in [6.07, 6.45) is 4.92. The molecule has 0 atom stereocenters. The van der Waals surface area contributed by atoms with E-state index in [1.165, 1.54) is 11.3 Å². The van der Waals surface area contributed by atoms with Gasteiger partial charge in [0.2, 0.25) is 5.91 Å². The molecule has 0 fully saturated rings. The molecule has 3 rings (SSSR count). The van der Waals surface area contributed by atoms with Gasteiger partial charge >= 0.3 is 0 Å².